The fraction of sp³-hybridized carbons (Fsp3) is 0.421. The van der Waals surface area contributed by atoms with Crippen LogP contribution in [0.25, 0.3) is 6.08 Å². The van der Waals surface area contributed by atoms with Gasteiger partial charge in [-0.15, -0.1) is 0 Å². The van der Waals surface area contributed by atoms with Gasteiger partial charge in [-0.2, -0.15) is 5.26 Å². The van der Waals surface area contributed by atoms with E-state index in [9.17, 15) is 14.9 Å². The van der Waals surface area contributed by atoms with Crippen molar-refractivity contribution >= 4 is 18.0 Å². The molecule has 7 heteroatoms. The third-order valence-corrected chi connectivity index (χ3v) is 4.16. The predicted molar refractivity (Wildman–Crippen MR) is 94.7 cm³/mol. The van der Waals surface area contributed by atoms with Gasteiger partial charge < -0.3 is 19.9 Å². The van der Waals surface area contributed by atoms with E-state index in [0.717, 1.165) is 25.7 Å². The minimum absolute atomic E-state index is 0.0110. The molecular weight excluding hydrogens is 336 g/mol. The molecule has 0 radical (unpaired) electrons. The Morgan fingerprint density at radius 1 is 1.31 bits per heavy atom. The zero-order chi connectivity index (χ0) is 18.9. The quantitative estimate of drug-likeness (QED) is 0.573. The number of ether oxygens (including phenoxy) is 2. The van der Waals surface area contributed by atoms with E-state index in [2.05, 4.69) is 5.32 Å². The van der Waals surface area contributed by atoms with Gasteiger partial charge in [0.25, 0.3) is 5.91 Å². The number of methoxy groups -OCH3 is 1. The SMILES string of the molecule is COc1cc(/C=C(/C#N)C(=O)NC2CCCCC2)ccc1OCC(=O)O. The van der Waals surface area contributed by atoms with Crippen molar-refractivity contribution in [1.29, 1.82) is 5.26 Å². The maximum absolute atomic E-state index is 12.3. The summed E-state index contributed by atoms with van der Waals surface area (Å²) in [7, 11) is 1.43. The number of hydrogen-bond acceptors (Lipinski definition) is 5. The molecule has 0 spiro atoms. The molecule has 0 atom stereocenters. The lowest BCUT2D eigenvalue weighted by molar-refractivity contribution is -0.139. The van der Waals surface area contributed by atoms with Crippen molar-refractivity contribution in [3.8, 4) is 17.6 Å². The standard InChI is InChI=1S/C19H22N2O5/c1-25-17-10-13(7-8-16(17)26-12-18(22)23)9-14(11-20)19(24)21-15-5-3-2-4-6-15/h7-10,15H,2-6,12H2,1H3,(H,21,24)(H,22,23)/b14-9-. The number of carbonyl (C=O) groups excluding carboxylic acids is 1. The van der Waals surface area contributed by atoms with Crippen molar-refractivity contribution in [2.45, 2.75) is 38.1 Å². The number of hydrogen-bond donors (Lipinski definition) is 2. The largest absolute Gasteiger partial charge is 0.493 e. The minimum Gasteiger partial charge on any atom is -0.493 e. The van der Waals surface area contributed by atoms with Gasteiger partial charge in [0.1, 0.15) is 11.6 Å². The van der Waals surface area contributed by atoms with Crippen molar-refractivity contribution in [3.63, 3.8) is 0 Å². The summed E-state index contributed by atoms with van der Waals surface area (Å²) in [6, 6.07) is 6.81. The van der Waals surface area contributed by atoms with Crippen molar-refractivity contribution in [2.75, 3.05) is 13.7 Å². The Bertz CT molecular complexity index is 730. The second-order valence-electron chi connectivity index (χ2n) is 6.07. The van der Waals surface area contributed by atoms with Gasteiger partial charge in [-0.05, 0) is 36.6 Å². The predicted octanol–water partition coefficient (Wildman–Crippen LogP) is 2.51. The Morgan fingerprint density at radius 2 is 2.04 bits per heavy atom. The lowest BCUT2D eigenvalue weighted by atomic mass is 9.95. The highest BCUT2D eigenvalue weighted by Gasteiger charge is 2.18. The van der Waals surface area contributed by atoms with Crippen molar-refractivity contribution < 1.29 is 24.2 Å². The van der Waals surface area contributed by atoms with Gasteiger partial charge in [-0.1, -0.05) is 25.3 Å². The number of aliphatic carboxylic acids is 1. The van der Waals surface area contributed by atoms with E-state index in [-0.39, 0.29) is 23.3 Å². The summed E-state index contributed by atoms with van der Waals surface area (Å²) in [6.07, 6.45) is 6.71. The first-order valence-corrected chi connectivity index (χ1v) is 8.48. The van der Waals surface area contributed by atoms with Gasteiger partial charge in [0, 0.05) is 6.04 Å². The number of nitrogens with zero attached hydrogens (tertiary/aromatic N) is 1. The van der Waals surface area contributed by atoms with Crippen LogP contribution in [0.2, 0.25) is 0 Å². The number of carboxylic acid groups (broad SMARTS) is 1. The molecule has 1 saturated carbocycles. The highest BCUT2D eigenvalue weighted by atomic mass is 16.5. The molecule has 0 heterocycles. The van der Waals surface area contributed by atoms with Gasteiger partial charge in [0.15, 0.2) is 18.1 Å². The average molecular weight is 358 g/mol. The summed E-state index contributed by atoms with van der Waals surface area (Å²) in [5.74, 6) is -0.881. The number of carboxylic acids is 1. The van der Waals surface area contributed by atoms with E-state index >= 15 is 0 Å². The van der Waals surface area contributed by atoms with Crippen LogP contribution in [0.15, 0.2) is 23.8 Å². The minimum atomic E-state index is -1.10. The molecular formula is C19H22N2O5. The third-order valence-electron chi connectivity index (χ3n) is 4.16. The van der Waals surface area contributed by atoms with E-state index in [1.54, 1.807) is 18.2 Å². The van der Waals surface area contributed by atoms with Crippen molar-refractivity contribution in [3.05, 3.63) is 29.3 Å². The monoisotopic (exact) mass is 358 g/mol. The number of amides is 1. The maximum atomic E-state index is 12.3. The zero-order valence-corrected chi connectivity index (χ0v) is 14.7. The van der Waals surface area contributed by atoms with Gasteiger partial charge in [0.2, 0.25) is 0 Å². The van der Waals surface area contributed by atoms with E-state index < -0.39 is 12.6 Å². The van der Waals surface area contributed by atoms with Gasteiger partial charge in [0.05, 0.1) is 7.11 Å². The molecule has 138 valence electrons. The second-order valence-corrected chi connectivity index (χ2v) is 6.07. The first-order valence-electron chi connectivity index (χ1n) is 8.48. The Morgan fingerprint density at radius 3 is 2.65 bits per heavy atom. The summed E-state index contributed by atoms with van der Waals surface area (Å²) >= 11 is 0. The van der Waals surface area contributed by atoms with Gasteiger partial charge >= 0.3 is 5.97 Å². The molecule has 1 aliphatic carbocycles. The topological polar surface area (TPSA) is 109 Å². The summed E-state index contributed by atoms with van der Waals surface area (Å²) in [4.78, 5) is 22.9. The molecule has 2 N–H and O–H groups in total. The molecule has 0 saturated heterocycles. The van der Waals surface area contributed by atoms with Crippen molar-refractivity contribution in [2.24, 2.45) is 0 Å². The van der Waals surface area contributed by atoms with E-state index in [1.165, 1.54) is 19.6 Å². The van der Waals surface area contributed by atoms with Gasteiger partial charge in [-0.25, -0.2) is 4.79 Å². The van der Waals surface area contributed by atoms with Crippen LogP contribution in [0.3, 0.4) is 0 Å². The molecule has 7 nitrogen and oxygen atoms in total. The van der Waals surface area contributed by atoms with Crippen LogP contribution in [0.5, 0.6) is 11.5 Å². The lowest BCUT2D eigenvalue weighted by Crippen LogP contribution is -2.36. The summed E-state index contributed by atoms with van der Waals surface area (Å²) < 4.78 is 10.3. The molecule has 0 unspecified atom stereocenters. The molecule has 1 aromatic rings. The van der Waals surface area contributed by atoms with Crippen LogP contribution in [0, 0.1) is 11.3 Å². The van der Waals surface area contributed by atoms with Crippen LogP contribution < -0.4 is 14.8 Å². The number of benzene rings is 1. The summed E-state index contributed by atoms with van der Waals surface area (Å²) in [5.41, 5.74) is 0.594. The number of carbonyl (C=O) groups is 2. The smallest absolute Gasteiger partial charge is 0.341 e. The highest BCUT2D eigenvalue weighted by Crippen LogP contribution is 2.29. The average Bonchev–Trinajstić information content (AvgIpc) is 2.65. The molecule has 1 fully saturated rings. The second kappa shape index (κ2) is 9.47. The van der Waals surface area contributed by atoms with Crippen LogP contribution in [-0.4, -0.2) is 36.7 Å². The number of nitrogens with one attached hydrogen (secondary N) is 1. The molecule has 26 heavy (non-hydrogen) atoms. The normalized spacial score (nSPS) is 15.0. The van der Waals surface area contributed by atoms with E-state index in [1.807, 2.05) is 6.07 Å². The Kier molecular flexibility index (Phi) is 7.03. The molecule has 0 bridgehead atoms. The molecule has 2 rings (SSSR count). The van der Waals surface area contributed by atoms with Crippen LogP contribution in [0.4, 0.5) is 0 Å². The summed E-state index contributed by atoms with van der Waals surface area (Å²) in [5, 5.41) is 20.9. The van der Waals surface area contributed by atoms with E-state index in [0.29, 0.717) is 11.3 Å². The first kappa shape index (κ1) is 19.3. The van der Waals surface area contributed by atoms with Gasteiger partial charge in [-0.3, -0.25) is 4.79 Å². The molecule has 1 aromatic carbocycles. The molecule has 0 aliphatic heterocycles. The third kappa shape index (κ3) is 5.52. The Balaban J connectivity index is 2.12. The highest BCUT2D eigenvalue weighted by molar-refractivity contribution is 6.01. The fourth-order valence-corrected chi connectivity index (χ4v) is 2.86. The van der Waals surface area contributed by atoms with Crippen LogP contribution in [0.1, 0.15) is 37.7 Å². The van der Waals surface area contributed by atoms with E-state index in [4.69, 9.17) is 14.6 Å². The van der Waals surface area contributed by atoms with Crippen LogP contribution >= 0.6 is 0 Å². The Labute approximate surface area is 152 Å². The molecule has 1 amide bonds. The lowest BCUT2D eigenvalue weighted by Gasteiger charge is -2.22. The van der Waals surface area contributed by atoms with Crippen molar-refractivity contribution in [1.82, 2.24) is 5.32 Å². The molecule has 0 aromatic heterocycles. The number of rotatable bonds is 7. The first-order chi connectivity index (χ1) is 12.5. The summed E-state index contributed by atoms with van der Waals surface area (Å²) in [6.45, 7) is -0.487. The maximum Gasteiger partial charge on any atom is 0.341 e. The number of nitriles is 1. The zero-order valence-electron chi connectivity index (χ0n) is 14.7. The Hall–Kier alpha value is -3.01. The fourth-order valence-electron chi connectivity index (χ4n) is 2.86. The molecule has 1 aliphatic rings. The van der Waals surface area contributed by atoms with Crippen LogP contribution in [-0.2, 0) is 9.59 Å².